The molecule has 30 heavy (non-hydrogen) atoms. The van der Waals surface area contributed by atoms with E-state index in [1.54, 1.807) is 13.2 Å². The molecule has 1 fully saturated rings. The number of aromatic nitrogens is 2. The van der Waals surface area contributed by atoms with Crippen molar-refractivity contribution in [2.24, 2.45) is 10.9 Å². The summed E-state index contributed by atoms with van der Waals surface area (Å²) in [7, 11) is 1.60. The summed E-state index contributed by atoms with van der Waals surface area (Å²) in [5.41, 5.74) is 0.102. The van der Waals surface area contributed by atoms with Crippen LogP contribution >= 0.6 is 11.3 Å². The van der Waals surface area contributed by atoms with Gasteiger partial charge in [-0.25, -0.2) is 9.97 Å². The average Bonchev–Trinajstić information content (AvgIpc) is 3.20. The van der Waals surface area contributed by atoms with Crippen LogP contribution in [0.1, 0.15) is 48.9 Å². The number of guanidine groups is 1. The maximum Gasteiger partial charge on any atom is 0.434 e. The number of ether oxygens (including phenoxy) is 1. The molecule has 1 aliphatic rings. The lowest BCUT2D eigenvalue weighted by Gasteiger charge is -2.26. The monoisotopic (exact) mass is 441 g/mol. The highest BCUT2D eigenvalue weighted by atomic mass is 32.1. The van der Waals surface area contributed by atoms with Crippen molar-refractivity contribution in [2.45, 2.75) is 58.0 Å². The van der Waals surface area contributed by atoms with E-state index < -0.39 is 11.9 Å². The summed E-state index contributed by atoms with van der Waals surface area (Å²) in [6.07, 6.45) is 1.96. The van der Waals surface area contributed by atoms with Crippen LogP contribution in [0, 0.1) is 5.92 Å². The van der Waals surface area contributed by atoms with E-state index in [2.05, 4.69) is 32.5 Å². The third-order valence-electron chi connectivity index (χ3n) is 4.98. The first-order valence-electron chi connectivity index (χ1n) is 9.91. The highest BCUT2D eigenvalue weighted by Gasteiger charge is 2.33. The summed E-state index contributed by atoms with van der Waals surface area (Å²) in [6.45, 7) is 2.91. The van der Waals surface area contributed by atoms with Gasteiger partial charge in [0.1, 0.15) is 11.1 Å². The van der Waals surface area contributed by atoms with Gasteiger partial charge in [0.05, 0.1) is 6.54 Å². The molecular formula is C20H26F3N5OS. The minimum atomic E-state index is -4.42. The van der Waals surface area contributed by atoms with Gasteiger partial charge in [-0.2, -0.15) is 13.2 Å². The standard InChI is InChI=1S/C20H26F3N5OS/c1-13-3-5-15(6-4-13)29-17-9-14(7-8-25-17)10-26-19(24-2)27-11-18-28-16(12-30-18)20(21,22)23/h7-9,12-13,15H,3-6,10-11H2,1-2H3,(H2,24,26,27). The van der Waals surface area contributed by atoms with Crippen LogP contribution in [0.5, 0.6) is 5.88 Å². The van der Waals surface area contributed by atoms with Crippen molar-refractivity contribution in [3.05, 3.63) is 40.0 Å². The molecule has 0 aliphatic heterocycles. The van der Waals surface area contributed by atoms with Crippen LogP contribution in [0.3, 0.4) is 0 Å². The zero-order valence-corrected chi connectivity index (χ0v) is 17.8. The molecule has 2 N–H and O–H groups in total. The van der Waals surface area contributed by atoms with Crippen LogP contribution in [0.2, 0.25) is 0 Å². The Morgan fingerprint density at radius 2 is 1.97 bits per heavy atom. The molecule has 10 heteroatoms. The molecule has 164 valence electrons. The first-order valence-corrected chi connectivity index (χ1v) is 10.8. The first-order chi connectivity index (χ1) is 14.3. The van der Waals surface area contributed by atoms with Gasteiger partial charge < -0.3 is 15.4 Å². The van der Waals surface area contributed by atoms with Crippen molar-refractivity contribution in [3.8, 4) is 5.88 Å². The molecule has 1 aliphatic carbocycles. The van der Waals surface area contributed by atoms with Gasteiger partial charge >= 0.3 is 6.18 Å². The number of hydrogen-bond donors (Lipinski definition) is 2. The third-order valence-corrected chi connectivity index (χ3v) is 5.83. The summed E-state index contributed by atoms with van der Waals surface area (Å²) >= 11 is 0.961. The lowest BCUT2D eigenvalue weighted by atomic mass is 9.89. The van der Waals surface area contributed by atoms with E-state index >= 15 is 0 Å². The number of halogens is 3. The Morgan fingerprint density at radius 1 is 1.23 bits per heavy atom. The maximum absolute atomic E-state index is 12.6. The highest BCUT2D eigenvalue weighted by Crippen LogP contribution is 2.30. The first kappa shape index (κ1) is 22.3. The molecule has 0 radical (unpaired) electrons. The number of rotatable bonds is 6. The van der Waals surface area contributed by atoms with Gasteiger partial charge in [0.25, 0.3) is 0 Å². The van der Waals surface area contributed by atoms with Crippen LogP contribution in [0.15, 0.2) is 28.7 Å². The van der Waals surface area contributed by atoms with Crippen molar-refractivity contribution in [2.75, 3.05) is 7.05 Å². The van der Waals surface area contributed by atoms with E-state index in [1.807, 2.05) is 12.1 Å². The quantitative estimate of drug-likeness (QED) is 0.514. The van der Waals surface area contributed by atoms with Crippen molar-refractivity contribution in [1.29, 1.82) is 0 Å². The van der Waals surface area contributed by atoms with E-state index in [0.29, 0.717) is 23.4 Å². The Balaban J connectivity index is 1.48. The summed E-state index contributed by atoms with van der Waals surface area (Å²) in [4.78, 5) is 12.0. The van der Waals surface area contributed by atoms with E-state index in [1.165, 1.54) is 12.8 Å². The minimum Gasteiger partial charge on any atom is -0.474 e. The normalized spacial score (nSPS) is 20.1. The molecule has 0 aromatic carbocycles. The Kier molecular flexibility index (Phi) is 7.52. The number of pyridine rings is 1. The molecular weight excluding hydrogens is 415 g/mol. The maximum atomic E-state index is 12.6. The zero-order valence-electron chi connectivity index (χ0n) is 17.0. The Morgan fingerprint density at radius 3 is 2.63 bits per heavy atom. The second kappa shape index (κ2) is 10.1. The number of aliphatic imine (C=N–C) groups is 1. The Labute approximate surface area is 178 Å². The van der Waals surface area contributed by atoms with Gasteiger partial charge in [0.2, 0.25) is 5.88 Å². The molecule has 0 atom stereocenters. The predicted molar refractivity (Wildman–Crippen MR) is 110 cm³/mol. The smallest absolute Gasteiger partial charge is 0.434 e. The second-order valence-electron chi connectivity index (χ2n) is 7.41. The summed E-state index contributed by atoms with van der Waals surface area (Å²) < 4.78 is 44.0. The fraction of sp³-hybridized carbons (Fsp3) is 0.550. The van der Waals surface area contributed by atoms with Crippen molar-refractivity contribution in [3.63, 3.8) is 0 Å². The zero-order chi connectivity index (χ0) is 21.6. The SMILES string of the molecule is CN=C(NCc1ccnc(OC2CCC(C)CC2)c1)NCc1nc(C(F)(F)F)cs1. The van der Waals surface area contributed by atoms with Crippen LogP contribution < -0.4 is 15.4 Å². The molecule has 2 aromatic rings. The summed E-state index contributed by atoms with van der Waals surface area (Å²) in [6, 6.07) is 3.78. The van der Waals surface area contributed by atoms with Crippen LogP contribution in [-0.2, 0) is 19.3 Å². The molecule has 3 rings (SSSR count). The number of alkyl halides is 3. The fourth-order valence-corrected chi connectivity index (χ4v) is 3.97. The van der Waals surface area contributed by atoms with E-state index in [9.17, 15) is 13.2 Å². The minimum absolute atomic E-state index is 0.158. The largest absolute Gasteiger partial charge is 0.474 e. The second-order valence-corrected chi connectivity index (χ2v) is 8.35. The third kappa shape index (κ3) is 6.58. The van der Waals surface area contributed by atoms with Gasteiger partial charge in [-0.3, -0.25) is 4.99 Å². The molecule has 2 aromatic heterocycles. The lowest BCUT2D eigenvalue weighted by molar-refractivity contribution is -0.140. The lowest BCUT2D eigenvalue weighted by Crippen LogP contribution is -2.36. The van der Waals surface area contributed by atoms with Crippen molar-refractivity contribution in [1.82, 2.24) is 20.6 Å². The fourth-order valence-electron chi connectivity index (χ4n) is 3.23. The Hall–Kier alpha value is -2.36. The van der Waals surface area contributed by atoms with E-state index in [4.69, 9.17) is 4.74 Å². The van der Waals surface area contributed by atoms with E-state index in [0.717, 1.165) is 41.0 Å². The summed E-state index contributed by atoms with van der Waals surface area (Å²) in [5, 5.41) is 7.47. The van der Waals surface area contributed by atoms with Gasteiger partial charge in [-0.05, 0) is 43.2 Å². The van der Waals surface area contributed by atoms with Gasteiger partial charge in [0, 0.05) is 31.2 Å². The molecule has 0 amide bonds. The van der Waals surface area contributed by atoms with E-state index in [-0.39, 0.29) is 12.6 Å². The van der Waals surface area contributed by atoms with Crippen molar-refractivity contribution >= 4 is 17.3 Å². The predicted octanol–water partition coefficient (Wildman–Crippen LogP) is 4.38. The Bertz CT molecular complexity index is 847. The molecule has 6 nitrogen and oxygen atoms in total. The average molecular weight is 442 g/mol. The molecule has 0 bridgehead atoms. The topological polar surface area (TPSA) is 71.4 Å². The number of nitrogens with zero attached hydrogens (tertiary/aromatic N) is 3. The van der Waals surface area contributed by atoms with Crippen molar-refractivity contribution < 1.29 is 17.9 Å². The molecule has 0 spiro atoms. The molecule has 1 saturated carbocycles. The van der Waals surface area contributed by atoms with Gasteiger partial charge in [0.15, 0.2) is 11.7 Å². The summed E-state index contributed by atoms with van der Waals surface area (Å²) in [5.74, 6) is 1.84. The van der Waals surface area contributed by atoms with Gasteiger partial charge in [-0.15, -0.1) is 11.3 Å². The highest BCUT2D eigenvalue weighted by molar-refractivity contribution is 7.09. The number of thiazole rings is 1. The van der Waals surface area contributed by atoms with Crippen LogP contribution in [-0.4, -0.2) is 29.1 Å². The van der Waals surface area contributed by atoms with Crippen LogP contribution in [0.25, 0.3) is 0 Å². The van der Waals surface area contributed by atoms with Crippen LogP contribution in [0.4, 0.5) is 13.2 Å². The molecule has 2 heterocycles. The molecule has 0 unspecified atom stereocenters. The molecule has 0 saturated heterocycles. The number of hydrogen-bond acceptors (Lipinski definition) is 5. The van der Waals surface area contributed by atoms with Gasteiger partial charge in [-0.1, -0.05) is 6.92 Å². The number of nitrogens with one attached hydrogen (secondary N) is 2.